The molecule has 0 heterocycles. The van der Waals surface area contributed by atoms with Gasteiger partial charge in [-0.05, 0) is 41.5 Å². The van der Waals surface area contributed by atoms with Gasteiger partial charge in [0.15, 0.2) is 0 Å². The van der Waals surface area contributed by atoms with Crippen LogP contribution >= 0.6 is 11.6 Å². The van der Waals surface area contributed by atoms with Crippen molar-refractivity contribution in [3.05, 3.63) is 53.6 Å². The van der Waals surface area contributed by atoms with Crippen LogP contribution < -0.4 is 4.74 Å². The van der Waals surface area contributed by atoms with Crippen LogP contribution in [0.2, 0.25) is 5.02 Å². The van der Waals surface area contributed by atoms with E-state index in [-0.39, 0.29) is 0 Å². The van der Waals surface area contributed by atoms with E-state index in [4.69, 9.17) is 16.3 Å². The molecular weight excluding hydrogens is 208 g/mol. The third-order valence-corrected chi connectivity index (χ3v) is 2.39. The Bertz CT molecular complexity index is 448. The molecule has 2 rings (SSSR count). The molecule has 0 aliphatic heterocycles. The van der Waals surface area contributed by atoms with E-state index in [1.54, 1.807) is 13.2 Å². The lowest BCUT2D eigenvalue weighted by molar-refractivity contribution is 0.415. The topological polar surface area (TPSA) is 9.23 Å². The number of halogens is 1. The molecule has 0 aliphatic carbocycles. The van der Waals surface area contributed by atoms with Crippen molar-refractivity contribution in [1.82, 2.24) is 0 Å². The summed E-state index contributed by atoms with van der Waals surface area (Å²) >= 11 is 5.80. The highest BCUT2D eigenvalue weighted by Gasteiger charge is 1.99. The maximum Gasteiger partial charge on any atom is 0.119 e. The molecule has 1 nitrogen and oxygen atoms in total. The van der Waals surface area contributed by atoms with Crippen LogP contribution in [0.1, 0.15) is 0 Å². The van der Waals surface area contributed by atoms with Gasteiger partial charge in [-0.3, -0.25) is 0 Å². The predicted octanol–water partition coefficient (Wildman–Crippen LogP) is 3.82. The van der Waals surface area contributed by atoms with Crippen molar-refractivity contribution >= 4 is 11.6 Å². The second-order valence-electron chi connectivity index (χ2n) is 3.15. The number of benzene rings is 2. The first-order valence-corrected chi connectivity index (χ1v) is 4.99. The molecular formula is C13H10ClO. The normalized spacial score (nSPS) is 10.0. The highest BCUT2D eigenvalue weighted by molar-refractivity contribution is 6.30. The zero-order valence-electron chi connectivity index (χ0n) is 8.33. The number of rotatable bonds is 2. The second-order valence-corrected chi connectivity index (χ2v) is 3.59. The molecule has 0 bridgehead atoms. The Morgan fingerprint density at radius 2 is 2.07 bits per heavy atom. The Morgan fingerprint density at radius 1 is 1.20 bits per heavy atom. The van der Waals surface area contributed by atoms with Gasteiger partial charge in [-0.2, -0.15) is 0 Å². The number of methoxy groups -OCH3 is 1. The number of hydrogen-bond acceptors (Lipinski definition) is 1. The van der Waals surface area contributed by atoms with Crippen LogP contribution in [-0.2, 0) is 0 Å². The van der Waals surface area contributed by atoms with Gasteiger partial charge >= 0.3 is 0 Å². The van der Waals surface area contributed by atoms with Crippen LogP contribution in [0, 0.1) is 6.07 Å². The molecule has 0 aliphatic rings. The molecule has 2 heteroatoms. The molecule has 0 saturated carbocycles. The first-order chi connectivity index (χ1) is 7.29. The summed E-state index contributed by atoms with van der Waals surface area (Å²) in [6.45, 7) is 0. The monoisotopic (exact) mass is 217 g/mol. The van der Waals surface area contributed by atoms with Crippen LogP contribution in [0.25, 0.3) is 11.1 Å². The smallest absolute Gasteiger partial charge is 0.119 e. The molecule has 0 fully saturated rings. The average molecular weight is 218 g/mol. The molecule has 0 unspecified atom stereocenters. The zero-order valence-corrected chi connectivity index (χ0v) is 9.08. The van der Waals surface area contributed by atoms with Gasteiger partial charge < -0.3 is 4.74 Å². The van der Waals surface area contributed by atoms with E-state index in [0.29, 0.717) is 5.02 Å². The van der Waals surface area contributed by atoms with Gasteiger partial charge in [0.25, 0.3) is 0 Å². The second kappa shape index (κ2) is 4.37. The summed E-state index contributed by atoms with van der Waals surface area (Å²) in [5.74, 6) is 0.843. The van der Waals surface area contributed by atoms with E-state index >= 15 is 0 Å². The summed E-state index contributed by atoms with van der Waals surface area (Å²) in [7, 11) is 1.66. The van der Waals surface area contributed by atoms with Crippen LogP contribution in [0.4, 0.5) is 0 Å². The van der Waals surface area contributed by atoms with Gasteiger partial charge in [0, 0.05) is 5.02 Å². The Labute approximate surface area is 94.3 Å². The maximum absolute atomic E-state index is 5.80. The lowest BCUT2D eigenvalue weighted by Crippen LogP contribution is -1.83. The number of hydrogen-bond donors (Lipinski definition) is 0. The van der Waals surface area contributed by atoms with Crippen LogP contribution in [0.15, 0.2) is 42.5 Å². The molecule has 0 N–H and O–H groups in total. The predicted molar refractivity (Wildman–Crippen MR) is 62.3 cm³/mol. The largest absolute Gasteiger partial charge is 0.497 e. The standard InChI is InChI=1S/C13H10ClO/c1-15-13-4-2-3-11(9-13)10-5-7-12(14)8-6-10/h2-5,7-9H,1H3. The van der Waals surface area contributed by atoms with Gasteiger partial charge in [-0.1, -0.05) is 29.8 Å². The summed E-state index contributed by atoms with van der Waals surface area (Å²) in [5.41, 5.74) is 2.09. The van der Waals surface area contributed by atoms with Gasteiger partial charge in [0.2, 0.25) is 0 Å². The van der Waals surface area contributed by atoms with Crippen LogP contribution in [0.3, 0.4) is 0 Å². The van der Waals surface area contributed by atoms with E-state index in [0.717, 1.165) is 16.9 Å². The lowest BCUT2D eigenvalue weighted by Gasteiger charge is -2.04. The third-order valence-electron chi connectivity index (χ3n) is 2.16. The molecule has 75 valence electrons. The molecule has 1 radical (unpaired) electrons. The van der Waals surface area contributed by atoms with Gasteiger partial charge in [-0.15, -0.1) is 0 Å². The maximum atomic E-state index is 5.80. The fourth-order valence-corrected chi connectivity index (χ4v) is 1.49. The fourth-order valence-electron chi connectivity index (χ4n) is 1.38. The van der Waals surface area contributed by atoms with Crippen molar-refractivity contribution in [2.45, 2.75) is 0 Å². The Balaban J connectivity index is 2.40. The molecule has 0 amide bonds. The summed E-state index contributed by atoms with van der Waals surface area (Å²) in [6, 6.07) is 16.5. The van der Waals surface area contributed by atoms with Crippen molar-refractivity contribution in [2.75, 3.05) is 7.11 Å². The van der Waals surface area contributed by atoms with E-state index in [1.165, 1.54) is 0 Å². The van der Waals surface area contributed by atoms with Crippen molar-refractivity contribution in [3.8, 4) is 16.9 Å². The SMILES string of the molecule is COc1cccc(-c2[c]cc(Cl)cc2)c1. The third kappa shape index (κ3) is 2.31. The minimum Gasteiger partial charge on any atom is -0.497 e. The average Bonchev–Trinajstić information content (AvgIpc) is 2.30. The first-order valence-electron chi connectivity index (χ1n) is 4.61. The van der Waals surface area contributed by atoms with E-state index in [2.05, 4.69) is 6.07 Å². The summed E-state index contributed by atoms with van der Waals surface area (Å²) in [4.78, 5) is 0. The summed E-state index contributed by atoms with van der Waals surface area (Å²) < 4.78 is 5.16. The minimum atomic E-state index is 0.696. The summed E-state index contributed by atoms with van der Waals surface area (Å²) in [6.07, 6.45) is 0. The van der Waals surface area contributed by atoms with Gasteiger partial charge in [-0.25, -0.2) is 0 Å². The van der Waals surface area contributed by atoms with Gasteiger partial charge in [0.1, 0.15) is 5.75 Å². The molecule has 0 aromatic heterocycles. The molecule has 0 atom stereocenters. The lowest BCUT2D eigenvalue weighted by atomic mass is 10.1. The van der Waals surface area contributed by atoms with Crippen LogP contribution in [0.5, 0.6) is 5.75 Å². The molecule has 0 spiro atoms. The highest BCUT2D eigenvalue weighted by Crippen LogP contribution is 2.24. The van der Waals surface area contributed by atoms with Crippen molar-refractivity contribution < 1.29 is 4.74 Å². The summed E-state index contributed by atoms with van der Waals surface area (Å²) in [5, 5.41) is 0.696. The van der Waals surface area contributed by atoms with Crippen molar-refractivity contribution in [1.29, 1.82) is 0 Å². The van der Waals surface area contributed by atoms with Gasteiger partial charge in [0.05, 0.1) is 7.11 Å². The Kier molecular flexibility index (Phi) is 2.93. The molecule has 15 heavy (non-hydrogen) atoms. The van der Waals surface area contributed by atoms with E-state index in [1.807, 2.05) is 36.4 Å². The highest BCUT2D eigenvalue weighted by atomic mass is 35.5. The Hall–Kier alpha value is -1.47. The fraction of sp³-hybridized carbons (Fsp3) is 0.0769. The van der Waals surface area contributed by atoms with E-state index in [9.17, 15) is 0 Å². The minimum absolute atomic E-state index is 0.696. The van der Waals surface area contributed by atoms with E-state index < -0.39 is 0 Å². The van der Waals surface area contributed by atoms with Crippen molar-refractivity contribution in [2.24, 2.45) is 0 Å². The zero-order chi connectivity index (χ0) is 10.7. The first kappa shape index (κ1) is 10.1. The van der Waals surface area contributed by atoms with Crippen molar-refractivity contribution in [3.63, 3.8) is 0 Å². The molecule has 2 aromatic rings. The molecule has 2 aromatic carbocycles. The Morgan fingerprint density at radius 3 is 2.73 bits per heavy atom. The van der Waals surface area contributed by atoms with Crippen LogP contribution in [-0.4, -0.2) is 7.11 Å². The number of ether oxygens (including phenoxy) is 1. The molecule has 0 saturated heterocycles. The quantitative estimate of drug-likeness (QED) is 0.743.